The lowest BCUT2D eigenvalue weighted by molar-refractivity contribution is -0.144. The van der Waals surface area contributed by atoms with Crippen LogP contribution in [0.4, 0.5) is 0 Å². The van der Waals surface area contributed by atoms with Crippen molar-refractivity contribution >= 4 is 53.1 Å². The highest BCUT2D eigenvalue weighted by Gasteiger charge is 2.40. The molecule has 0 aromatic heterocycles. The standard InChI is InChI=1S/C42H56N10O9/c1-4-24(2)34-39(59)48-28(22-26-14-17-29(53)18-15-26)16-19-33(54)46-23-31(50-36(56)25(3)47-37(57)27-10-6-5-7-11-27)41(61)52-21-9-13-32(52)38(58)49-30(35(55)40(60)51-34)12-8-20-45-42(43)44/h5-7,10-11,14-19,24-25,28,30-32,34,53H,4,8-9,12-13,20-23H2,1-3H3,(H,46,54)(H,47,57)(H,48,59)(H,49,58)(H,50,56)(H,51,60)(H4,43,44,45)/b19-16-/t24-,25-,28+,30-,31-,32-,34+/m0/s1. The second-order valence-corrected chi connectivity index (χ2v) is 15.1. The number of phenols is 1. The molecule has 0 saturated carbocycles. The quantitative estimate of drug-likeness (QED) is 0.0543. The highest BCUT2D eigenvalue weighted by Crippen LogP contribution is 2.20. The van der Waals surface area contributed by atoms with E-state index in [9.17, 15) is 43.5 Å². The van der Waals surface area contributed by atoms with Crippen LogP contribution in [0.5, 0.6) is 5.75 Å². The Morgan fingerprint density at radius 1 is 0.951 bits per heavy atom. The number of fused-ring (bicyclic) bond motifs is 1. The van der Waals surface area contributed by atoms with Crippen LogP contribution in [0, 0.1) is 5.92 Å². The number of rotatable bonds is 12. The minimum Gasteiger partial charge on any atom is -0.508 e. The Hall–Kier alpha value is -6.79. The molecule has 2 aliphatic rings. The van der Waals surface area contributed by atoms with Crippen molar-refractivity contribution in [3.63, 3.8) is 0 Å². The third kappa shape index (κ3) is 13.9. The van der Waals surface area contributed by atoms with E-state index in [0.717, 1.165) is 6.08 Å². The predicted octanol–water partition coefficient (Wildman–Crippen LogP) is -0.962. The first-order valence-corrected chi connectivity index (χ1v) is 20.3. The summed E-state index contributed by atoms with van der Waals surface area (Å²) in [5.74, 6) is -6.93. The fourth-order valence-electron chi connectivity index (χ4n) is 6.84. The van der Waals surface area contributed by atoms with Crippen molar-refractivity contribution in [2.24, 2.45) is 22.4 Å². The average Bonchev–Trinajstić information content (AvgIpc) is 3.74. The molecular weight excluding hydrogens is 789 g/mol. The average molecular weight is 845 g/mol. The predicted molar refractivity (Wildman–Crippen MR) is 224 cm³/mol. The van der Waals surface area contributed by atoms with Gasteiger partial charge in [0.05, 0.1) is 12.1 Å². The number of carbonyl (C=O) groups excluding carboxylic acids is 8. The summed E-state index contributed by atoms with van der Waals surface area (Å²) in [5.41, 5.74) is 11.9. The molecule has 328 valence electrons. The number of nitrogens with two attached hydrogens (primary N) is 2. The number of aliphatic imine (C=N–C) groups is 1. The summed E-state index contributed by atoms with van der Waals surface area (Å²) in [6.45, 7) is 4.67. The van der Waals surface area contributed by atoms with Gasteiger partial charge in [-0.3, -0.25) is 43.3 Å². The molecule has 2 aliphatic heterocycles. The minimum atomic E-state index is -1.43. The molecular formula is C42H56N10O9. The lowest BCUT2D eigenvalue weighted by Crippen LogP contribution is -2.60. The first-order chi connectivity index (χ1) is 29.1. The molecule has 0 aliphatic carbocycles. The Bertz CT molecular complexity index is 1970. The number of phenolic OH excluding ortho intramolecular Hbond substituents is 1. The van der Waals surface area contributed by atoms with Crippen LogP contribution in [0.3, 0.4) is 0 Å². The molecule has 2 heterocycles. The Labute approximate surface area is 353 Å². The number of ketones is 1. The van der Waals surface area contributed by atoms with Gasteiger partial charge in [-0.2, -0.15) is 0 Å². The Morgan fingerprint density at radius 3 is 2.33 bits per heavy atom. The van der Waals surface area contributed by atoms with E-state index in [1.165, 1.54) is 30.0 Å². The lowest BCUT2D eigenvalue weighted by atomic mass is 9.96. The van der Waals surface area contributed by atoms with Gasteiger partial charge in [0.25, 0.3) is 11.8 Å². The van der Waals surface area contributed by atoms with Gasteiger partial charge < -0.3 is 53.4 Å². The van der Waals surface area contributed by atoms with Gasteiger partial charge >= 0.3 is 0 Å². The van der Waals surface area contributed by atoms with Crippen molar-refractivity contribution in [1.29, 1.82) is 0 Å². The van der Waals surface area contributed by atoms with Crippen LogP contribution in [-0.4, -0.2) is 119 Å². The van der Waals surface area contributed by atoms with Crippen molar-refractivity contribution in [2.75, 3.05) is 19.6 Å². The van der Waals surface area contributed by atoms with E-state index in [1.807, 2.05) is 0 Å². The molecule has 4 rings (SSSR count). The second-order valence-electron chi connectivity index (χ2n) is 15.1. The van der Waals surface area contributed by atoms with Crippen LogP contribution in [0.1, 0.15) is 68.8 Å². The smallest absolute Gasteiger partial charge is 0.290 e. The summed E-state index contributed by atoms with van der Waals surface area (Å²) >= 11 is 0. The van der Waals surface area contributed by atoms with Crippen LogP contribution in [-0.2, 0) is 40.0 Å². The van der Waals surface area contributed by atoms with E-state index in [1.54, 1.807) is 56.3 Å². The van der Waals surface area contributed by atoms with Crippen molar-refractivity contribution in [3.8, 4) is 5.75 Å². The van der Waals surface area contributed by atoms with E-state index in [2.05, 4.69) is 36.9 Å². The van der Waals surface area contributed by atoms with Gasteiger partial charge in [-0.25, -0.2) is 0 Å². The first-order valence-electron chi connectivity index (χ1n) is 20.3. The molecule has 1 saturated heterocycles. The molecule has 19 heteroatoms. The van der Waals surface area contributed by atoms with Crippen molar-refractivity contribution < 1.29 is 43.5 Å². The highest BCUT2D eigenvalue weighted by molar-refractivity contribution is 6.38. The van der Waals surface area contributed by atoms with Gasteiger partial charge in [-0.05, 0) is 74.8 Å². The molecule has 0 spiro atoms. The molecule has 0 unspecified atom stereocenters. The summed E-state index contributed by atoms with van der Waals surface area (Å²) in [4.78, 5) is 115. The summed E-state index contributed by atoms with van der Waals surface area (Å²) in [7, 11) is 0. The van der Waals surface area contributed by atoms with Crippen LogP contribution in [0.15, 0.2) is 71.7 Å². The highest BCUT2D eigenvalue weighted by atomic mass is 16.3. The monoisotopic (exact) mass is 844 g/mol. The molecule has 1 fully saturated rings. The molecule has 2 aromatic carbocycles. The van der Waals surface area contributed by atoms with Gasteiger partial charge in [-0.1, -0.05) is 56.7 Å². The van der Waals surface area contributed by atoms with Crippen molar-refractivity contribution in [3.05, 3.63) is 77.9 Å². The fraction of sp³-hybridized carbons (Fsp3) is 0.452. The van der Waals surface area contributed by atoms with Crippen molar-refractivity contribution in [2.45, 2.75) is 95.5 Å². The number of aromatic hydroxyl groups is 1. The maximum Gasteiger partial charge on any atom is 0.290 e. The molecule has 0 bridgehead atoms. The van der Waals surface area contributed by atoms with E-state index < -0.39 is 95.8 Å². The van der Waals surface area contributed by atoms with Gasteiger partial charge in [0.2, 0.25) is 35.3 Å². The number of nitrogens with zero attached hydrogens (tertiary/aromatic N) is 2. The van der Waals surface area contributed by atoms with Gasteiger partial charge in [0.15, 0.2) is 5.96 Å². The molecule has 19 nitrogen and oxygen atoms in total. The number of amides is 7. The third-order valence-corrected chi connectivity index (χ3v) is 10.5. The number of guanidine groups is 1. The maximum atomic E-state index is 14.3. The zero-order chi connectivity index (χ0) is 44.6. The van der Waals surface area contributed by atoms with Gasteiger partial charge in [0, 0.05) is 31.3 Å². The van der Waals surface area contributed by atoms with E-state index in [-0.39, 0.29) is 50.5 Å². The summed E-state index contributed by atoms with van der Waals surface area (Å²) < 4.78 is 0. The molecule has 0 radical (unpaired) electrons. The number of hydrogen-bond acceptors (Lipinski definition) is 10. The van der Waals surface area contributed by atoms with Crippen LogP contribution in [0.25, 0.3) is 0 Å². The number of Topliss-reactive ketones (excluding diaryl/α,β-unsaturated/α-hetero) is 1. The molecule has 61 heavy (non-hydrogen) atoms. The Kier molecular flexibility index (Phi) is 17.3. The summed E-state index contributed by atoms with van der Waals surface area (Å²) in [6, 6.07) is 7.20. The zero-order valence-electron chi connectivity index (χ0n) is 34.5. The first kappa shape index (κ1) is 46.9. The van der Waals surface area contributed by atoms with E-state index >= 15 is 0 Å². The Morgan fingerprint density at radius 2 is 1.66 bits per heavy atom. The van der Waals surface area contributed by atoms with Crippen LogP contribution >= 0.6 is 0 Å². The van der Waals surface area contributed by atoms with Crippen LogP contribution in [0.2, 0.25) is 0 Å². The van der Waals surface area contributed by atoms with E-state index in [4.69, 9.17) is 11.5 Å². The Balaban J connectivity index is 1.70. The summed E-state index contributed by atoms with van der Waals surface area (Å²) in [5, 5.41) is 25.7. The SMILES string of the molecule is CC[C@H](C)[C@H]1NC(=O)C(=O)[C@H](CCCN=C(N)N)NC(=O)[C@@H]2CCCN2C(=O)[C@@H](NC(=O)[C@H](C)NC(=O)c2ccccc2)CNC(=O)/C=C\[C@H](Cc2ccc(O)cc2)NC1=O. The number of benzene rings is 2. The lowest BCUT2D eigenvalue weighted by Gasteiger charge is -2.30. The normalized spacial score (nSPS) is 23.3. The number of carbonyl (C=O) groups is 8. The zero-order valence-corrected chi connectivity index (χ0v) is 34.5. The topological polar surface area (TPSA) is 297 Å². The molecule has 2 aromatic rings. The van der Waals surface area contributed by atoms with Crippen molar-refractivity contribution in [1.82, 2.24) is 36.8 Å². The summed E-state index contributed by atoms with van der Waals surface area (Å²) in [6.07, 6.45) is 3.77. The third-order valence-electron chi connectivity index (χ3n) is 10.5. The fourth-order valence-corrected chi connectivity index (χ4v) is 6.84. The number of nitrogens with one attached hydrogen (secondary N) is 6. The minimum absolute atomic E-state index is 0.0163. The number of hydrogen-bond donors (Lipinski definition) is 9. The van der Waals surface area contributed by atoms with E-state index in [0.29, 0.717) is 24.0 Å². The largest absolute Gasteiger partial charge is 0.508 e. The maximum absolute atomic E-state index is 14.3. The second kappa shape index (κ2) is 22.5. The van der Waals surface area contributed by atoms with Gasteiger partial charge in [0.1, 0.15) is 29.9 Å². The van der Waals surface area contributed by atoms with Crippen LogP contribution < -0.4 is 43.4 Å². The molecule has 11 N–H and O–H groups in total. The van der Waals surface area contributed by atoms with Gasteiger partial charge in [-0.15, -0.1) is 0 Å². The molecule has 7 amide bonds. The molecule has 7 atom stereocenters.